The van der Waals surface area contributed by atoms with Crippen molar-refractivity contribution in [3.63, 3.8) is 0 Å². The Morgan fingerprint density at radius 2 is 1.71 bits per heavy atom. The van der Waals surface area contributed by atoms with Gasteiger partial charge in [0.15, 0.2) is 0 Å². The van der Waals surface area contributed by atoms with Gasteiger partial charge in [0, 0.05) is 13.2 Å². The number of benzene rings is 2. The number of rotatable bonds is 7. The van der Waals surface area contributed by atoms with Crippen LogP contribution in [0.4, 0.5) is 4.39 Å². The van der Waals surface area contributed by atoms with Crippen LogP contribution < -0.4 is 5.32 Å². The van der Waals surface area contributed by atoms with Crippen LogP contribution in [0.2, 0.25) is 0 Å². The molecular weight excluding hydrogens is 265 g/mol. The molecule has 0 radical (unpaired) electrons. The van der Waals surface area contributed by atoms with E-state index in [0.717, 1.165) is 12.1 Å². The molecule has 0 bridgehead atoms. The van der Waals surface area contributed by atoms with E-state index in [4.69, 9.17) is 4.74 Å². The first kappa shape index (κ1) is 15.7. The summed E-state index contributed by atoms with van der Waals surface area (Å²) in [5, 5.41) is 3.42. The maximum Gasteiger partial charge on any atom is 0.126 e. The normalized spacial score (nSPS) is 13.9. The van der Waals surface area contributed by atoms with Crippen LogP contribution in [0.25, 0.3) is 0 Å². The lowest BCUT2D eigenvalue weighted by Crippen LogP contribution is -2.37. The molecule has 0 aliphatic carbocycles. The Hall–Kier alpha value is -1.71. The van der Waals surface area contributed by atoms with Crippen LogP contribution in [-0.4, -0.2) is 19.7 Å². The van der Waals surface area contributed by atoms with Crippen molar-refractivity contribution >= 4 is 0 Å². The van der Waals surface area contributed by atoms with Gasteiger partial charge in [0.1, 0.15) is 5.82 Å². The SMILES string of the molecule is CCNC(Cc1ccccc1F)C(OC)c1ccccc1. The zero-order valence-corrected chi connectivity index (χ0v) is 12.6. The first-order valence-electron chi connectivity index (χ1n) is 7.30. The number of likely N-dealkylation sites (N-methyl/N-ethyl adjacent to an activating group) is 1. The predicted molar refractivity (Wildman–Crippen MR) is 83.8 cm³/mol. The quantitative estimate of drug-likeness (QED) is 0.837. The zero-order chi connectivity index (χ0) is 15.1. The van der Waals surface area contributed by atoms with Gasteiger partial charge in [-0.2, -0.15) is 0 Å². The molecule has 0 heterocycles. The third-order valence-corrected chi connectivity index (χ3v) is 3.61. The highest BCUT2D eigenvalue weighted by Gasteiger charge is 2.23. The standard InChI is InChI=1S/C18H22FNO/c1-3-20-17(13-15-11-7-8-12-16(15)19)18(21-2)14-9-5-4-6-10-14/h4-12,17-18,20H,3,13H2,1-2H3. The van der Waals surface area contributed by atoms with Crippen LogP contribution in [0.1, 0.15) is 24.2 Å². The van der Waals surface area contributed by atoms with Crippen molar-refractivity contribution in [3.8, 4) is 0 Å². The van der Waals surface area contributed by atoms with Gasteiger partial charge in [0.2, 0.25) is 0 Å². The van der Waals surface area contributed by atoms with E-state index in [1.165, 1.54) is 6.07 Å². The average Bonchev–Trinajstić information content (AvgIpc) is 2.51. The smallest absolute Gasteiger partial charge is 0.126 e. The van der Waals surface area contributed by atoms with Gasteiger partial charge in [-0.15, -0.1) is 0 Å². The summed E-state index contributed by atoms with van der Waals surface area (Å²) < 4.78 is 19.6. The van der Waals surface area contributed by atoms with Crippen molar-refractivity contribution in [1.29, 1.82) is 0 Å². The largest absolute Gasteiger partial charge is 0.375 e. The van der Waals surface area contributed by atoms with Gasteiger partial charge in [0.05, 0.1) is 6.10 Å². The molecule has 21 heavy (non-hydrogen) atoms. The summed E-state index contributed by atoms with van der Waals surface area (Å²) >= 11 is 0. The Bertz CT molecular complexity index is 544. The number of halogens is 1. The van der Waals surface area contributed by atoms with Crippen molar-refractivity contribution in [3.05, 3.63) is 71.5 Å². The summed E-state index contributed by atoms with van der Waals surface area (Å²) in [6, 6.07) is 17.0. The number of hydrogen-bond donors (Lipinski definition) is 1. The summed E-state index contributed by atoms with van der Waals surface area (Å²) in [6.45, 7) is 2.86. The fourth-order valence-corrected chi connectivity index (χ4v) is 2.62. The first-order chi connectivity index (χ1) is 10.3. The summed E-state index contributed by atoms with van der Waals surface area (Å²) in [6.07, 6.45) is 0.485. The van der Waals surface area contributed by atoms with Crippen LogP contribution in [0.15, 0.2) is 54.6 Å². The Morgan fingerprint density at radius 1 is 1.05 bits per heavy atom. The fraction of sp³-hybridized carbons (Fsp3) is 0.333. The molecule has 2 aromatic rings. The molecule has 0 saturated carbocycles. The van der Waals surface area contributed by atoms with Crippen LogP contribution in [-0.2, 0) is 11.2 Å². The second kappa shape index (κ2) is 7.91. The topological polar surface area (TPSA) is 21.3 Å². The van der Waals surface area contributed by atoms with Crippen molar-refractivity contribution in [1.82, 2.24) is 5.32 Å². The molecular formula is C18H22FNO. The molecule has 112 valence electrons. The molecule has 2 aromatic carbocycles. The van der Waals surface area contributed by atoms with Crippen molar-refractivity contribution < 1.29 is 9.13 Å². The fourth-order valence-electron chi connectivity index (χ4n) is 2.62. The summed E-state index contributed by atoms with van der Waals surface area (Å²) in [7, 11) is 1.70. The number of ether oxygens (including phenoxy) is 1. The predicted octanol–water partition coefficient (Wildman–Crippen LogP) is 3.73. The molecule has 0 fully saturated rings. The highest BCUT2D eigenvalue weighted by molar-refractivity contribution is 5.23. The molecule has 2 nitrogen and oxygen atoms in total. The third-order valence-electron chi connectivity index (χ3n) is 3.61. The molecule has 3 heteroatoms. The van der Waals surface area contributed by atoms with Crippen molar-refractivity contribution in [2.75, 3.05) is 13.7 Å². The first-order valence-corrected chi connectivity index (χ1v) is 7.30. The van der Waals surface area contributed by atoms with E-state index in [9.17, 15) is 4.39 Å². The second-order valence-electron chi connectivity index (χ2n) is 5.03. The Labute approximate surface area is 126 Å². The van der Waals surface area contributed by atoms with Crippen LogP contribution in [0.3, 0.4) is 0 Å². The molecule has 0 spiro atoms. The molecule has 2 unspecified atom stereocenters. The molecule has 1 N–H and O–H groups in total. The van der Waals surface area contributed by atoms with Gasteiger partial charge in [-0.25, -0.2) is 4.39 Å². The van der Waals surface area contributed by atoms with E-state index < -0.39 is 0 Å². The summed E-state index contributed by atoms with van der Waals surface area (Å²) in [4.78, 5) is 0. The molecule has 0 aliphatic heterocycles. The summed E-state index contributed by atoms with van der Waals surface area (Å²) in [5.74, 6) is -0.164. The van der Waals surface area contributed by atoms with E-state index in [1.807, 2.05) is 49.4 Å². The lowest BCUT2D eigenvalue weighted by molar-refractivity contribution is 0.0681. The molecule has 0 saturated heterocycles. The van der Waals surface area contributed by atoms with Crippen molar-refractivity contribution in [2.24, 2.45) is 0 Å². The monoisotopic (exact) mass is 287 g/mol. The molecule has 0 amide bonds. The lowest BCUT2D eigenvalue weighted by Gasteiger charge is -2.27. The van der Waals surface area contributed by atoms with Crippen LogP contribution >= 0.6 is 0 Å². The maximum atomic E-state index is 13.9. The van der Waals surface area contributed by atoms with Gasteiger partial charge in [-0.05, 0) is 30.2 Å². The maximum absolute atomic E-state index is 13.9. The second-order valence-corrected chi connectivity index (χ2v) is 5.03. The number of methoxy groups -OCH3 is 1. The van der Waals surface area contributed by atoms with Gasteiger partial charge in [-0.1, -0.05) is 55.5 Å². The lowest BCUT2D eigenvalue weighted by atomic mass is 9.95. The minimum Gasteiger partial charge on any atom is -0.375 e. The highest BCUT2D eigenvalue weighted by atomic mass is 19.1. The van der Waals surface area contributed by atoms with E-state index in [-0.39, 0.29) is 18.0 Å². The molecule has 2 rings (SSSR count). The Morgan fingerprint density at radius 3 is 2.33 bits per heavy atom. The van der Waals surface area contributed by atoms with E-state index in [0.29, 0.717) is 12.0 Å². The molecule has 0 aromatic heterocycles. The summed E-state index contributed by atoms with van der Waals surface area (Å²) in [5.41, 5.74) is 1.81. The van der Waals surface area contributed by atoms with Crippen LogP contribution in [0.5, 0.6) is 0 Å². The Balaban J connectivity index is 2.23. The third kappa shape index (κ3) is 4.13. The minimum atomic E-state index is -0.164. The molecule has 2 atom stereocenters. The number of hydrogen-bond acceptors (Lipinski definition) is 2. The molecule has 0 aliphatic rings. The van der Waals surface area contributed by atoms with Gasteiger partial charge >= 0.3 is 0 Å². The van der Waals surface area contributed by atoms with Gasteiger partial charge in [0.25, 0.3) is 0 Å². The number of nitrogens with one attached hydrogen (secondary N) is 1. The highest BCUT2D eigenvalue weighted by Crippen LogP contribution is 2.24. The average molecular weight is 287 g/mol. The Kier molecular flexibility index (Phi) is 5.90. The van der Waals surface area contributed by atoms with Crippen molar-refractivity contribution in [2.45, 2.75) is 25.5 Å². The zero-order valence-electron chi connectivity index (χ0n) is 12.6. The van der Waals surface area contributed by atoms with Crippen LogP contribution in [0, 0.1) is 5.82 Å². The van der Waals surface area contributed by atoms with Gasteiger partial charge < -0.3 is 10.1 Å². The van der Waals surface area contributed by atoms with E-state index >= 15 is 0 Å². The van der Waals surface area contributed by atoms with E-state index in [2.05, 4.69) is 5.32 Å². The van der Waals surface area contributed by atoms with E-state index in [1.54, 1.807) is 13.2 Å². The minimum absolute atomic E-state index is 0.0271. The van der Waals surface area contributed by atoms with Gasteiger partial charge in [-0.3, -0.25) is 0 Å².